The van der Waals surface area contributed by atoms with Gasteiger partial charge < -0.3 is 4.74 Å². The number of nitrogens with one attached hydrogen (secondary N) is 1. The highest BCUT2D eigenvalue weighted by molar-refractivity contribution is 6.35. The normalized spacial score (nSPS) is 22.9. The molecule has 1 N–H and O–H groups in total. The average molecular weight is 523 g/mol. The summed E-state index contributed by atoms with van der Waals surface area (Å²) < 4.78 is 7.24. The maximum absolute atomic E-state index is 13.5. The molecular formula is C28H28Cl2N4O2. The molecule has 0 radical (unpaired) electrons. The van der Waals surface area contributed by atoms with Crippen molar-refractivity contribution < 1.29 is 9.53 Å². The van der Waals surface area contributed by atoms with Gasteiger partial charge >= 0.3 is 0 Å². The molecule has 0 spiro atoms. The summed E-state index contributed by atoms with van der Waals surface area (Å²) in [6.07, 6.45) is 8.19. The molecule has 1 aliphatic heterocycles. The van der Waals surface area contributed by atoms with Gasteiger partial charge in [-0.15, -0.1) is 0 Å². The van der Waals surface area contributed by atoms with Gasteiger partial charge in [-0.25, -0.2) is 9.69 Å². The molecule has 2 heterocycles. The average Bonchev–Trinajstić information content (AvgIpc) is 3.57. The lowest BCUT2D eigenvalue weighted by Crippen LogP contribution is -2.44. The van der Waals surface area contributed by atoms with E-state index in [1.165, 1.54) is 0 Å². The second kappa shape index (κ2) is 9.58. The van der Waals surface area contributed by atoms with Crippen molar-refractivity contribution in [3.8, 4) is 22.7 Å². The number of hydrogen-bond acceptors (Lipinski definition) is 4. The molecule has 2 aromatic carbocycles. The third kappa shape index (κ3) is 4.21. The molecule has 6 nitrogen and oxygen atoms in total. The summed E-state index contributed by atoms with van der Waals surface area (Å²) in [5.74, 6) is 1.65. The van der Waals surface area contributed by atoms with E-state index in [2.05, 4.69) is 22.6 Å². The topological polar surface area (TPSA) is 59.4 Å². The molecule has 1 aromatic heterocycles. The minimum atomic E-state index is -0.311. The maximum atomic E-state index is 13.5. The molecule has 1 amide bonds. The van der Waals surface area contributed by atoms with Gasteiger partial charge in [-0.1, -0.05) is 35.4 Å². The first-order chi connectivity index (χ1) is 17.5. The molecule has 3 unspecified atom stereocenters. The van der Waals surface area contributed by atoms with E-state index in [4.69, 9.17) is 33.0 Å². The summed E-state index contributed by atoms with van der Waals surface area (Å²) in [7, 11) is 1.65. The highest BCUT2D eigenvalue weighted by Gasteiger charge is 2.37. The van der Waals surface area contributed by atoms with Gasteiger partial charge in [0.15, 0.2) is 0 Å². The molecule has 6 rings (SSSR count). The number of hydrogen-bond donors (Lipinski definition) is 1. The van der Waals surface area contributed by atoms with Crippen LogP contribution in [0.5, 0.6) is 5.75 Å². The number of rotatable bonds is 5. The van der Waals surface area contributed by atoms with Crippen molar-refractivity contribution in [1.29, 1.82) is 0 Å². The van der Waals surface area contributed by atoms with Crippen LogP contribution in [0.1, 0.15) is 36.4 Å². The SMILES string of the molecule is COc1ccc(-c2c3c(nn2-c2ccc(Cl)cc2Cl)C(C(=O)NN2CC4C=CCC4C2)CCC3)cc1. The van der Waals surface area contributed by atoms with E-state index in [0.29, 0.717) is 21.9 Å². The van der Waals surface area contributed by atoms with Crippen LogP contribution >= 0.6 is 23.2 Å². The lowest BCUT2D eigenvalue weighted by Gasteiger charge is -2.25. The molecule has 3 atom stereocenters. The molecule has 3 aliphatic rings. The summed E-state index contributed by atoms with van der Waals surface area (Å²) in [4.78, 5) is 13.5. The van der Waals surface area contributed by atoms with Crippen LogP contribution in [0, 0.1) is 11.8 Å². The first-order valence-electron chi connectivity index (χ1n) is 12.5. The lowest BCUT2D eigenvalue weighted by atomic mass is 9.85. The van der Waals surface area contributed by atoms with Crippen molar-refractivity contribution in [2.45, 2.75) is 31.6 Å². The van der Waals surface area contributed by atoms with Crippen LogP contribution in [-0.4, -0.2) is 40.9 Å². The number of carbonyl (C=O) groups excluding carboxylic acids is 1. The number of allylic oxidation sites excluding steroid dienone is 1. The standard InChI is InChI=1S/C28H28Cl2N4O2/c1-36-21-11-8-17(9-12-21)27-22-6-3-7-23(28(35)32-33-15-18-4-2-5-19(18)16-33)26(22)31-34(27)25-13-10-20(29)14-24(25)30/h2,4,8-14,18-19,23H,3,5-7,15-16H2,1H3,(H,32,35). The molecule has 0 saturated carbocycles. The van der Waals surface area contributed by atoms with Crippen molar-refractivity contribution in [2.75, 3.05) is 20.2 Å². The molecule has 1 fully saturated rings. The second-order valence-electron chi connectivity index (χ2n) is 9.86. The minimum absolute atomic E-state index is 0.0213. The van der Waals surface area contributed by atoms with E-state index < -0.39 is 0 Å². The summed E-state index contributed by atoms with van der Waals surface area (Å²) in [6.45, 7) is 1.77. The van der Waals surface area contributed by atoms with Crippen molar-refractivity contribution in [2.24, 2.45) is 11.8 Å². The molecule has 2 aliphatic carbocycles. The zero-order chi connectivity index (χ0) is 24.8. The highest BCUT2D eigenvalue weighted by Crippen LogP contribution is 2.41. The predicted octanol–water partition coefficient (Wildman–Crippen LogP) is 5.81. The number of amides is 1. The number of aromatic nitrogens is 2. The van der Waals surface area contributed by atoms with Crippen LogP contribution in [0.4, 0.5) is 0 Å². The molecule has 0 bridgehead atoms. The molecule has 8 heteroatoms. The molecule has 1 saturated heterocycles. The van der Waals surface area contributed by atoms with E-state index in [1.54, 1.807) is 13.2 Å². The lowest BCUT2D eigenvalue weighted by molar-refractivity contribution is -0.127. The Morgan fingerprint density at radius 3 is 2.72 bits per heavy atom. The summed E-state index contributed by atoms with van der Waals surface area (Å²) in [6, 6.07) is 13.3. The smallest absolute Gasteiger partial charge is 0.243 e. The third-order valence-electron chi connectivity index (χ3n) is 7.66. The van der Waals surface area contributed by atoms with Crippen molar-refractivity contribution in [1.82, 2.24) is 20.2 Å². The molecule has 36 heavy (non-hydrogen) atoms. The Morgan fingerprint density at radius 1 is 1.14 bits per heavy atom. The second-order valence-corrected chi connectivity index (χ2v) is 10.7. The Hall–Kier alpha value is -2.80. The van der Waals surface area contributed by atoms with Gasteiger partial charge in [0.2, 0.25) is 5.91 Å². The van der Waals surface area contributed by atoms with Gasteiger partial charge in [-0.05, 0) is 80.0 Å². The Balaban J connectivity index is 1.39. The van der Waals surface area contributed by atoms with Gasteiger partial charge in [0.05, 0.1) is 35.1 Å². The predicted molar refractivity (Wildman–Crippen MR) is 142 cm³/mol. The van der Waals surface area contributed by atoms with Crippen LogP contribution < -0.4 is 10.2 Å². The number of carbonyl (C=O) groups is 1. The van der Waals surface area contributed by atoms with Gasteiger partial charge in [0, 0.05) is 29.2 Å². The zero-order valence-electron chi connectivity index (χ0n) is 20.1. The Kier molecular flexibility index (Phi) is 6.28. The molecule has 3 aromatic rings. The van der Waals surface area contributed by atoms with Gasteiger partial charge in [-0.3, -0.25) is 10.2 Å². The number of benzene rings is 2. The minimum Gasteiger partial charge on any atom is -0.497 e. The van der Waals surface area contributed by atoms with E-state index in [9.17, 15) is 4.79 Å². The largest absolute Gasteiger partial charge is 0.497 e. The summed E-state index contributed by atoms with van der Waals surface area (Å²) >= 11 is 12.8. The van der Waals surface area contributed by atoms with Crippen molar-refractivity contribution in [3.63, 3.8) is 0 Å². The summed E-state index contributed by atoms with van der Waals surface area (Å²) in [5.41, 5.74) is 7.82. The van der Waals surface area contributed by atoms with Crippen molar-refractivity contribution in [3.05, 3.63) is 75.9 Å². The number of nitrogens with zero attached hydrogens (tertiary/aromatic N) is 3. The zero-order valence-corrected chi connectivity index (χ0v) is 21.6. The Morgan fingerprint density at radius 2 is 1.97 bits per heavy atom. The van der Waals surface area contributed by atoms with Crippen LogP contribution in [0.2, 0.25) is 10.0 Å². The monoisotopic (exact) mass is 522 g/mol. The van der Waals surface area contributed by atoms with Crippen LogP contribution in [0.25, 0.3) is 16.9 Å². The molecular weight excluding hydrogens is 495 g/mol. The highest BCUT2D eigenvalue weighted by atomic mass is 35.5. The van der Waals surface area contributed by atoms with Crippen LogP contribution in [0.15, 0.2) is 54.6 Å². The third-order valence-corrected chi connectivity index (χ3v) is 8.20. The quantitative estimate of drug-likeness (QED) is 0.429. The van der Waals surface area contributed by atoms with E-state index in [0.717, 1.165) is 72.7 Å². The first-order valence-corrected chi connectivity index (χ1v) is 13.2. The number of hydrazine groups is 1. The fraction of sp³-hybridized carbons (Fsp3) is 0.357. The number of ether oxygens (including phenoxy) is 1. The number of fused-ring (bicyclic) bond motifs is 2. The van der Waals surface area contributed by atoms with Gasteiger partial charge in [0.1, 0.15) is 5.75 Å². The van der Waals surface area contributed by atoms with E-state index >= 15 is 0 Å². The van der Waals surface area contributed by atoms with E-state index in [-0.39, 0.29) is 11.8 Å². The molecule has 186 valence electrons. The summed E-state index contributed by atoms with van der Waals surface area (Å²) in [5, 5.41) is 8.20. The van der Waals surface area contributed by atoms with E-state index in [1.807, 2.05) is 41.1 Å². The van der Waals surface area contributed by atoms with Gasteiger partial charge in [-0.2, -0.15) is 5.10 Å². The van der Waals surface area contributed by atoms with Crippen LogP contribution in [-0.2, 0) is 11.2 Å². The van der Waals surface area contributed by atoms with Gasteiger partial charge in [0.25, 0.3) is 0 Å². The number of methoxy groups -OCH3 is 1. The Bertz CT molecular complexity index is 1330. The fourth-order valence-electron chi connectivity index (χ4n) is 5.86. The number of halogens is 2. The maximum Gasteiger partial charge on any atom is 0.243 e. The van der Waals surface area contributed by atoms with Crippen molar-refractivity contribution >= 4 is 29.1 Å². The first kappa shape index (κ1) is 23.6. The van der Waals surface area contributed by atoms with Crippen LogP contribution in [0.3, 0.4) is 0 Å². The Labute approximate surface area is 220 Å². The fourth-order valence-corrected chi connectivity index (χ4v) is 6.35.